The van der Waals surface area contributed by atoms with Gasteiger partial charge in [0.05, 0.1) is 4.90 Å². The van der Waals surface area contributed by atoms with Gasteiger partial charge in [0.2, 0.25) is 0 Å². The van der Waals surface area contributed by atoms with Gasteiger partial charge in [-0.1, -0.05) is 23.6 Å². The summed E-state index contributed by atoms with van der Waals surface area (Å²) in [5.41, 5.74) is 0. The lowest BCUT2D eigenvalue weighted by atomic mass is 10.1. The molecule has 1 aliphatic rings. The Hall–Kier alpha value is -0.950. The first-order valence-electron chi connectivity index (χ1n) is 4.52. The van der Waals surface area contributed by atoms with Gasteiger partial charge in [0.1, 0.15) is 0 Å². The quantitative estimate of drug-likeness (QED) is 0.365. The molecule has 0 aliphatic carbocycles. The second kappa shape index (κ2) is 2.78. The fraction of sp³-hybridized carbons (Fsp3) is 0.167. The summed E-state index contributed by atoms with van der Waals surface area (Å²) in [7, 11) is 0.541. The molecule has 13 heavy (non-hydrogen) atoms. The monoisotopic (exact) mass is 186 g/mol. The van der Waals surface area contributed by atoms with Gasteiger partial charge in [-0.05, 0) is 0 Å². The van der Waals surface area contributed by atoms with Crippen molar-refractivity contribution in [1.29, 1.82) is 0 Å². The maximum atomic E-state index is 3.39. The molecule has 3 rings (SSSR count). The number of rotatable bonds is 1. The molecule has 0 amide bonds. The van der Waals surface area contributed by atoms with Crippen molar-refractivity contribution in [3.63, 3.8) is 0 Å². The third-order valence-corrected chi connectivity index (χ3v) is 4.11. The van der Waals surface area contributed by atoms with Crippen LogP contribution < -0.4 is 0 Å². The molecule has 0 spiro atoms. The van der Waals surface area contributed by atoms with Crippen molar-refractivity contribution in [3.05, 3.63) is 42.5 Å². The second-order valence-electron chi connectivity index (χ2n) is 3.30. The Kier molecular flexibility index (Phi) is 1.59. The van der Waals surface area contributed by atoms with Crippen LogP contribution in [0.25, 0.3) is 10.8 Å². The summed E-state index contributed by atoms with van der Waals surface area (Å²) in [5.74, 6) is 2.76. The van der Waals surface area contributed by atoms with Crippen LogP contribution in [-0.2, 0) is 10.9 Å². The molecule has 0 N–H and O–H groups in total. The first kappa shape index (κ1) is 7.45. The Morgan fingerprint density at radius 3 is 2.77 bits per heavy atom. The van der Waals surface area contributed by atoms with Crippen LogP contribution in [0.15, 0.2) is 41.3 Å². The highest BCUT2D eigenvalue weighted by Crippen LogP contribution is 2.30. The van der Waals surface area contributed by atoms with Crippen molar-refractivity contribution in [2.24, 2.45) is 0 Å². The van der Waals surface area contributed by atoms with Crippen LogP contribution in [0, 0.1) is 6.07 Å². The van der Waals surface area contributed by atoms with E-state index >= 15 is 0 Å². The van der Waals surface area contributed by atoms with Crippen molar-refractivity contribution < 1.29 is 0 Å². The van der Waals surface area contributed by atoms with Gasteiger partial charge in [0.25, 0.3) is 0 Å². The van der Waals surface area contributed by atoms with Gasteiger partial charge >= 0.3 is 0 Å². The van der Waals surface area contributed by atoms with Crippen molar-refractivity contribution in [2.45, 2.75) is 4.90 Å². The maximum absolute atomic E-state index is 3.39. The summed E-state index contributed by atoms with van der Waals surface area (Å²) < 4.78 is 0. The Morgan fingerprint density at radius 1 is 1.08 bits per heavy atom. The molecule has 0 saturated carbocycles. The number of hydrogen-bond donors (Lipinski definition) is 0. The van der Waals surface area contributed by atoms with Gasteiger partial charge < -0.3 is 0 Å². The highest BCUT2D eigenvalue weighted by atomic mass is 32.2. The third kappa shape index (κ3) is 1.24. The molecule has 0 radical (unpaired) electrons. The lowest BCUT2D eigenvalue weighted by molar-refractivity contribution is 1.52. The van der Waals surface area contributed by atoms with Crippen LogP contribution in [0.3, 0.4) is 0 Å². The summed E-state index contributed by atoms with van der Waals surface area (Å²) in [4.78, 5) is 1.46. The van der Waals surface area contributed by atoms with E-state index in [1.807, 2.05) is 0 Å². The minimum absolute atomic E-state index is 0.541. The van der Waals surface area contributed by atoms with E-state index in [4.69, 9.17) is 0 Å². The summed E-state index contributed by atoms with van der Waals surface area (Å²) in [6.07, 6.45) is 0. The van der Waals surface area contributed by atoms with Crippen molar-refractivity contribution in [3.8, 4) is 0 Å². The van der Waals surface area contributed by atoms with Gasteiger partial charge in [-0.15, -0.1) is 17.5 Å². The van der Waals surface area contributed by atoms with E-state index in [0.717, 1.165) is 0 Å². The minimum atomic E-state index is 0.541. The molecule has 0 aromatic heterocycles. The van der Waals surface area contributed by atoms with Gasteiger partial charge in [0.15, 0.2) is 11.5 Å². The lowest BCUT2D eigenvalue weighted by Gasteiger charge is -2.06. The zero-order valence-electron chi connectivity index (χ0n) is 7.29. The van der Waals surface area contributed by atoms with Gasteiger partial charge in [-0.2, -0.15) is 12.1 Å². The molecule has 2 aromatic carbocycles. The molecule has 1 heterocycles. The molecule has 1 heteroatoms. The molecule has 64 valence electrons. The van der Waals surface area contributed by atoms with Crippen molar-refractivity contribution >= 4 is 21.7 Å². The zero-order chi connectivity index (χ0) is 8.67. The second-order valence-corrected chi connectivity index (χ2v) is 5.51. The predicted molar refractivity (Wildman–Crippen MR) is 58.1 cm³/mol. The SMILES string of the molecule is [c-]1ccc2ccccc2c1[S+]1CC1. The highest BCUT2D eigenvalue weighted by Gasteiger charge is 2.34. The summed E-state index contributed by atoms with van der Waals surface area (Å²) >= 11 is 0. The fourth-order valence-electron chi connectivity index (χ4n) is 1.62. The van der Waals surface area contributed by atoms with Gasteiger partial charge in [-0.3, -0.25) is 0 Å². The Balaban J connectivity index is 2.32. The average Bonchev–Trinajstić information content (AvgIpc) is 3.00. The van der Waals surface area contributed by atoms with Crippen LogP contribution in [0.2, 0.25) is 0 Å². The first-order valence-corrected chi connectivity index (χ1v) is 6.08. The number of hydrogen-bond acceptors (Lipinski definition) is 0. The Morgan fingerprint density at radius 2 is 1.92 bits per heavy atom. The topological polar surface area (TPSA) is 0 Å². The molecule has 2 aromatic rings. The largest absolute Gasteiger partial charge is 0.172 e. The molecule has 1 aliphatic heterocycles. The number of benzene rings is 2. The van der Waals surface area contributed by atoms with E-state index in [0.29, 0.717) is 10.9 Å². The lowest BCUT2D eigenvalue weighted by Crippen LogP contribution is -1.84. The highest BCUT2D eigenvalue weighted by molar-refractivity contribution is 8.03. The van der Waals surface area contributed by atoms with E-state index in [-0.39, 0.29) is 0 Å². The van der Waals surface area contributed by atoms with Crippen LogP contribution in [-0.4, -0.2) is 11.5 Å². The predicted octanol–water partition coefficient (Wildman–Crippen LogP) is 2.63. The fourth-order valence-corrected chi connectivity index (χ4v) is 3.09. The van der Waals surface area contributed by atoms with Gasteiger partial charge in [-0.25, -0.2) is 0 Å². The van der Waals surface area contributed by atoms with Crippen molar-refractivity contribution in [1.82, 2.24) is 0 Å². The average molecular weight is 186 g/mol. The molecular weight excluding hydrogens is 176 g/mol. The molecule has 0 atom stereocenters. The van der Waals surface area contributed by atoms with Crippen LogP contribution in [0.4, 0.5) is 0 Å². The molecule has 0 unspecified atom stereocenters. The number of fused-ring (bicyclic) bond motifs is 1. The first-order chi connectivity index (χ1) is 6.45. The van der Waals surface area contributed by atoms with Crippen LogP contribution in [0.5, 0.6) is 0 Å². The minimum Gasteiger partial charge on any atom is -0.172 e. The van der Waals surface area contributed by atoms with Crippen LogP contribution >= 0.6 is 0 Å². The molecule has 0 nitrogen and oxygen atoms in total. The Labute approximate surface area is 80.9 Å². The normalized spacial score (nSPS) is 16.3. The van der Waals surface area contributed by atoms with Crippen molar-refractivity contribution in [2.75, 3.05) is 11.5 Å². The summed E-state index contributed by atoms with van der Waals surface area (Å²) in [6.45, 7) is 0. The summed E-state index contributed by atoms with van der Waals surface area (Å²) in [5, 5.41) is 2.77. The van der Waals surface area contributed by atoms with E-state index in [1.165, 1.54) is 27.2 Å². The molecule has 1 saturated heterocycles. The Bertz CT molecular complexity index is 438. The molecular formula is C12H10S. The maximum Gasteiger partial charge on any atom is 0.156 e. The zero-order valence-corrected chi connectivity index (χ0v) is 8.10. The summed E-state index contributed by atoms with van der Waals surface area (Å²) in [6, 6.07) is 16.2. The standard InChI is InChI=1S/C12H10S/c1-2-6-11-10(4-1)5-3-7-12(11)13-8-9-13/h1-6H,8-9H2. The molecule has 0 bridgehead atoms. The molecule has 1 fully saturated rings. The van der Waals surface area contributed by atoms with E-state index in [2.05, 4.69) is 42.5 Å². The van der Waals surface area contributed by atoms with E-state index in [1.54, 1.807) is 0 Å². The smallest absolute Gasteiger partial charge is 0.156 e. The van der Waals surface area contributed by atoms with Gasteiger partial charge in [0, 0.05) is 10.9 Å². The van der Waals surface area contributed by atoms with Crippen LogP contribution in [0.1, 0.15) is 0 Å². The van der Waals surface area contributed by atoms with E-state index < -0.39 is 0 Å². The third-order valence-electron chi connectivity index (χ3n) is 2.38. The van der Waals surface area contributed by atoms with E-state index in [9.17, 15) is 0 Å².